The second kappa shape index (κ2) is 10.5. The van der Waals surface area contributed by atoms with Gasteiger partial charge in [-0.3, -0.25) is 9.69 Å². The molecule has 7 heteroatoms. The van der Waals surface area contributed by atoms with Crippen LogP contribution in [0.15, 0.2) is 12.4 Å². The van der Waals surface area contributed by atoms with Crippen molar-refractivity contribution >= 4 is 11.9 Å². The Bertz CT molecular complexity index is 657. The van der Waals surface area contributed by atoms with Gasteiger partial charge in [0.2, 0.25) is 11.9 Å². The third-order valence-corrected chi connectivity index (χ3v) is 6.41. The largest absolute Gasteiger partial charge is 0.340 e. The summed E-state index contributed by atoms with van der Waals surface area (Å²) in [5, 5.41) is 0. The Balaban J connectivity index is 1.57. The second-order valence-electron chi connectivity index (χ2n) is 9.40. The molecule has 0 spiro atoms. The number of piperazine rings is 2. The molecular weight excluding hydrogens is 376 g/mol. The van der Waals surface area contributed by atoms with E-state index >= 15 is 0 Å². The third-order valence-electron chi connectivity index (χ3n) is 6.41. The van der Waals surface area contributed by atoms with Crippen molar-refractivity contribution < 1.29 is 4.79 Å². The van der Waals surface area contributed by atoms with E-state index in [1.54, 1.807) is 0 Å². The Morgan fingerprint density at radius 1 is 1.03 bits per heavy atom. The molecule has 0 aromatic carbocycles. The lowest BCUT2D eigenvalue weighted by molar-refractivity contribution is -0.133. The Morgan fingerprint density at radius 3 is 2.10 bits per heavy atom. The molecule has 0 saturated carbocycles. The van der Waals surface area contributed by atoms with Crippen LogP contribution in [0.1, 0.15) is 52.5 Å². The third kappa shape index (κ3) is 5.70. The predicted octanol–water partition coefficient (Wildman–Crippen LogP) is 2.48. The molecule has 168 valence electrons. The highest BCUT2D eigenvalue weighted by Gasteiger charge is 2.32. The first-order valence-corrected chi connectivity index (χ1v) is 11.7. The molecule has 0 bridgehead atoms. The van der Waals surface area contributed by atoms with E-state index in [1.165, 1.54) is 0 Å². The van der Waals surface area contributed by atoms with Crippen LogP contribution in [0.4, 0.5) is 5.95 Å². The summed E-state index contributed by atoms with van der Waals surface area (Å²) in [7, 11) is 2.21. The molecule has 1 amide bonds. The summed E-state index contributed by atoms with van der Waals surface area (Å²) in [6, 6.07) is 0.937. The van der Waals surface area contributed by atoms with Crippen molar-refractivity contribution in [1.29, 1.82) is 0 Å². The van der Waals surface area contributed by atoms with Gasteiger partial charge in [-0.05, 0) is 25.8 Å². The number of anilines is 1. The van der Waals surface area contributed by atoms with E-state index in [1.807, 2.05) is 17.3 Å². The van der Waals surface area contributed by atoms with Crippen LogP contribution in [0.5, 0.6) is 0 Å². The molecule has 0 radical (unpaired) electrons. The molecule has 2 atom stereocenters. The fourth-order valence-electron chi connectivity index (χ4n) is 4.70. The van der Waals surface area contributed by atoms with Crippen molar-refractivity contribution in [2.45, 2.75) is 65.6 Å². The summed E-state index contributed by atoms with van der Waals surface area (Å²) in [5.74, 6) is 1.58. The summed E-state index contributed by atoms with van der Waals surface area (Å²) in [4.78, 5) is 31.1. The lowest BCUT2D eigenvalue weighted by Gasteiger charge is -2.45. The Hall–Kier alpha value is -1.73. The summed E-state index contributed by atoms with van der Waals surface area (Å²) < 4.78 is 0. The second-order valence-corrected chi connectivity index (χ2v) is 9.40. The number of rotatable bonds is 7. The highest BCUT2D eigenvalue weighted by Crippen LogP contribution is 2.24. The average Bonchev–Trinajstić information content (AvgIpc) is 2.73. The molecule has 7 nitrogen and oxygen atoms in total. The molecule has 30 heavy (non-hydrogen) atoms. The van der Waals surface area contributed by atoms with Gasteiger partial charge in [0, 0.05) is 82.3 Å². The maximum Gasteiger partial charge on any atom is 0.225 e. The van der Waals surface area contributed by atoms with Crippen LogP contribution in [0.25, 0.3) is 0 Å². The standard InChI is InChI=1S/C23H40N6O/c1-6-20-16-26(5)17-21(7-2)29(20)23-24-13-19(14-25-23)15-27-8-10-28(11-9-27)22(30)12-18(3)4/h13-14,18,20-21H,6-12,15-17H2,1-5H3. The zero-order valence-electron chi connectivity index (χ0n) is 19.5. The molecule has 2 aliphatic heterocycles. The fourth-order valence-corrected chi connectivity index (χ4v) is 4.70. The Morgan fingerprint density at radius 2 is 1.60 bits per heavy atom. The van der Waals surface area contributed by atoms with Gasteiger partial charge < -0.3 is 14.7 Å². The van der Waals surface area contributed by atoms with Crippen molar-refractivity contribution in [3.63, 3.8) is 0 Å². The van der Waals surface area contributed by atoms with E-state index < -0.39 is 0 Å². The summed E-state index contributed by atoms with van der Waals surface area (Å²) >= 11 is 0. The quantitative estimate of drug-likeness (QED) is 0.681. The van der Waals surface area contributed by atoms with Crippen molar-refractivity contribution in [2.75, 3.05) is 51.2 Å². The van der Waals surface area contributed by atoms with Gasteiger partial charge in [0.25, 0.3) is 0 Å². The molecule has 2 aliphatic rings. The number of hydrogen-bond acceptors (Lipinski definition) is 6. The van der Waals surface area contributed by atoms with Gasteiger partial charge >= 0.3 is 0 Å². The number of likely N-dealkylation sites (N-methyl/N-ethyl adjacent to an activating group) is 1. The van der Waals surface area contributed by atoms with E-state index in [0.29, 0.717) is 30.3 Å². The van der Waals surface area contributed by atoms with E-state index in [4.69, 9.17) is 9.97 Å². The highest BCUT2D eigenvalue weighted by atomic mass is 16.2. The molecule has 3 rings (SSSR count). The van der Waals surface area contributed by atoms with Gasteiger partial charge in [-0.25, -0.2) is 9.97 Å². The van der Waals surface area contributed by atoms with E-state index in [-0.39, 0.29) is 0 Å². The molecule has 2 saturated heterocycles. The number of amides is 1. The first kappa shape index (κ1) is 22.9. The van der Waals surface area contributed by atoms with Gasteiger partial charge in [0.15, 0.2) is 0 Å². The lowest BCUT2D eigenvalue weighted by atomic mass is 10.0. The first-order chi connectivity index (χ1) is 14.4. The van der Waals surface area contributed by atoms with Gasteiger partial charge in [-0.15, -0.1) is 0 Å². The minimum absolute atomic E-state index is 0.292. The zero-order valence-corrected chi connectivity index (χ0v) is 19.5. The zero-order chi connectivity index (χ0) is 21.7. The van der Waals surface area contributed by atoms with Crippen molar-refractivity contribution in [1.82, 2.24) is 24.7 Å². The van der Waals surface area contributed by atoms with Gasteiger partial charge in [-0.2, -0.15) is 0 Å². The van der Waals surface area contributed by atoms with Crippen LogP contribution < -0.4 is 4.90 Å². The van der Waals surface area contributed by atoms with Gasteiger partial charge in [0.1, 0.15) is 0 Å². The molecule has 3 heterocycles. The van der Waals surface area contributed by atoms with E-state index in [0.717, 1.165) is 70.2 Å². The summed E-state index contributed by atoms with van der Waals surface area (Å²) in [5.41, 5.74) is 1.15. The fraction of sp³-hybridized carbons (Fsp3) is 0.783. The predicted molar refractivity (Wildman–Crippen MR) is 121 cm³/mol. The highest BCUT2D eigenvalue weighted by molar-refractivity contribution is 5.76. The maximum atomic E-state index is 12.3. The molecule has 1 aromatic heterocycles. The number of carbonyl (C=O) groups excluding carboxylic acids is 1. The number of carbonyl (C=O) groups is 1. The topological polar surface area (TPSA) is 55.8 Å². The summed E-state index contributed by atoms with van der Waals surface area (Å²) in [6.45, 7) is 15.2. The average molecular weight is 417 g/mol. The van der Waals surface area contributed by atoms with Crippen LogP contribution in [0.2, 0.25) is 0 Å². The van der Waals surface area contributed by atoms with Crippen molar-refractivity contribution in [3.05, 3.63) is 18.0 Å². The smallest absolute Gasteiger partial charge is 0.225 e. The van der Waals surface area contributed by atoms with Gasteiger partial charge in [0.05, 0.1) is 0 Å². The molecule has 0 aliphatic carbocycles. The minimum atomic E-state index is 0.292. The lowest BCUT2D eigenvalue weighted by Crippen LogP contribution is -2.58. The molecule has 0 N–H and O–H groups in total. The van der Waals surface area contributed by atoms with Crippen LogP contribution in [0.3, 0.4) is 0 Å². The Kier molecular flexibility index (Phi) is 8.06. The molecule has 2 unspecified atom stereocenters. The van der Waals surface area contributed by atoms with Crippen LogP contribution >= 0.6 is 0 Å². The number of aromatic nitrogens is 2. The van der Waals surface area contributed by atoms with Crippen LogP contribution in [-0.2, 0) is 11.3 Å². The van der Waals surface area contributed by atoms with Crippen LogP contribution in [-0.4, -0.2) is 89.0 Å². The van der Waals surface area contributed by atoms with Crippen LogP contribution in [0, 0.1) is 5.92 Å². The Labute approximate surface area is 182 Å². The van der Waals surface area contributed by atoms with Gasteiger partial charge in [-0.1, -0.05) is 27.7 Å². The number of hydrogen-bond donors (Lipinski definition) is 0. The summed E-state index contributed by atoms with van der Waals surface area (Å²) in [6.07, 6.45) is 6.85. The maximum absolute atomic E-state index is 12.3. The normalized spacial score (nSPS) is 23.9. The molecule has 2 fully saturated rings. The van der Waals surface area contributed by atoms with Crippen molar-refractivity contribution in [3.8, 4) is 0 Å². The first-order valence-electron chi connectivity index (χ1n) is 11.7. The minimum Gasteiger partial charge on any atom is -0.340 e. The number of nitrogens with zero attached hydrogens (tertiary/aromatic N) is 6. The van der Waals surface area contributed by atoms with E-state index in [9.17, 15) is 4.79 Å². The monoisotopic (exact) mass is 416 g/mol. The SMILES string of the molecule is CCC1CN(C)CC(CC)N1c1ncc(CN2CCN(C(=O)CC(C)C)CC2)cn1. The van der Waals surface area contributed by atoms with Crippen molar-refractivity contribution in [2.24, 2.45) is 5.92 Å². The molecular formula is C23H40N6O. The van der Waals surface area contributed by atoms with E-state index in [2.05, 4.69) is 49.4 Å². The molecule has 1 aromatic rings.